The lowest BCUT2D eigenvalue weighted by atomic mass is 10.2. The van der Waals surface area contributed by atoms with Gasteiger partial charge in [-0.25, -0.2) is 17.6 Å². The quantitative estimate of drug-likeness (QED) is 0.516. The summed E-state index contributed by atoms with van der Waals surface area (Å²) in [6.07, 6.45) is 0. The zero-order valence-electron chi connectivity index (χ0n) is 9.88. The minimum Gasteiger partial charge on any atom is -0.384 e. The zero-order valence-corrected chi connectivity index (χ0v) is 10.7. The van der Waals surface area contributed by atoms with Crippen molar-refractivity contribution in [3.05, 3.63) is 59.2 Å². The first-order valence-corrected chi connectivity index (χ1v) is 6.16. The second-order valence-corrected chi connectivity index (χ2v) is 4.91. The molecule has 0 aliphatic carbocycles. The molecule has 7 heteroatoms. The number of amidine groups is 1. The molecule has 20 heavy (non-hydrogen) atoms. The van der Waals surface area contributed by atoms with Crippen molar-refractivity contribution < 1.29 is 17.6 Å². The predicted molar refractivity (Wildman–Crippen MR) is 67.9 cm³/mol. The monoisotopic (exact) mass is 300 g/mol. The van der Waals surface area contributed by atoms with Crippen molar-refractivity contribution in [1.29, 1.82) is 5.41 Å². The SMILES string of the molecule is N=C(N)c1cc(F)c(Sc2cc(F)ccc2F)c(F)c1. The Kier molecular flexibility index (Phi) is 3.99. The van der Waals surface area contributed by atoms with Gasteiger partial charge in [0.2, 0.25) is 0 Å². The van der Waals surface area contributed by atoms with Gasteiger partial charge in [-0.15, -0.1) is 0 Å². The van der Waals surface area contributed by atoms with Crippen LogP contribution in [0.15, 0.2) is 40.1 Å². The first-order chi connectivity index (χ1) is 9.38. The van der Waals surface area contributed by atoms with Crippen LogP contribution in [0.5, 0.6) is 0 Å². The van der Waals surface area contributed by atoms with Crippen LogP contribution in [0, 0.1) is 28.7 Å². The molecule has 0 aliphatic rings. The van der Waals surface area contributed by atoms with Gasteiger partial charge in [0.05, 0.1) is 9.79 Å². The summed E-state index contributed by atoms with van der Waals surface area (Å²) >= 11 is 0.426. The Hall–Kier alpha value is -2.02. The molecule has 0 spiro atoms. The van der Waals surface area contributed by atoms with Crippen LogP contribution in [-0.2, 0) is 0 Å². The maximum atomic E-state index is 13.8. The van der Waals surface area contributed by atoms with E-state index in [0.717, 1.165) is 30.3 Å². The molecule has 2 aromatic rings. The van der Waals surface area contributed by atoms with Crippen LogP contribution < -0.4 is 5.73 Å². The third-order valence-corrected chi connectivity index (χ3v) is 3.54. The van der Waals surface area contributed by atoms with Crippen molar-refractivity contribution in [3.8, 4) is 0 Å². The lowest BCUT2D eigenvalue weighted by molar-refractivity contribution is 0.538. The molecule has 2 rings (SSSR count). The second-order valence-electron chi connectivity index (χ2n) is 3.86. The molecule has 2 nitrogen and oxygen atoms in total. The zero-order chi connectivity index (χ0) is 14.9. The number of nitrogen functional groups attached to an aromatic ring is 1. The highest BCUT2D eigenvalue weighted by atomic mass is 32.2. The average Bonchev–Trinajstić information content (AvgIpc) is 2.37. The topological polar surface area (TPSA) is 49.9 Å². The summed E-state index contributed by atoms with van der Waals surface area (Å²) in [5.41, 5.74) is 5.01. The lowest BCUT2D eigenvalue weighted by Crippen LogP contribution is -2.12. The van der Waals surface area contributed by atoms with Gasteiger partial charge < -0.3 is 5.73 Å². The van der Waals surface area contributed by atoms with Gasteiger partial charge in [-0.1, -0.05) is 11.8 Å². The van der Waals surface area contributed by atoms with Crippen molar-refractivity contribution in [3.63, 3.8) is 0 Å². The normalized spacial score (nSPS) is 10.6. The van der Waals surface area contributed by atoms with E-state index in [-0.39, 0.29) is 10.5 Å². The van der Waals surface area contributed by atoms with Crippen LogP contribution >= 0.6 is 11.8 Å². The average molecular weight is 300 g/mol. The van der Waals surface area contributed by atoms with E-state index >= 15 is 0 Å². The Labute approximate surface area is 116 Å². The van der Waals surface area contributed by atoms with Gasteiger partial charge in [-0.05, 0) is 30.3 Å². The molecular formula is C13H8F4N2S. The summed E-state index contributed by atoms with van der Waals surface area (Å²) in [6.45, 7) is 0. The van der Waals surface area contributed by atoms with Crippen LogP contribution in [-0.4, -0.2) is 5.84 Å². The molecule has 0 fully saturated rings. The van der Waals surface area contributed by atoms with E-state index in [2.05, 4.69) is 0 Å². The highest BCUT2D eigenvalue weighted by Gasteiger charge is 2.16. The maximum absolute atomic E-state index is 13.8. The number of nitrogens with two attached hydrogens (primary N) is 1. The molecule has 0 amide bonds. The summed E-state index contributed by atoms with van der Waals surface area (Å²) in [4.78, 5) is -0.724. The maximum Gasteiger partial charge on any atom is 0.140 e. The van der Waals surface area contributed by atoms with E-state index in [4.69, 9.17) is 11.1 Å². The fourth-order valence-electron chi connectivity index (χ4n) is 1.48. The van der Waals surface area contributed by atoms with Gasteiger partial charge in [0, 0.05) is 5.56 Å². The Balaban J connectivity index is 2.44. The number of benzene rings is 2. The largest absolute Gasteiger partial charge is 0.384 e. The van der Waals surface area contributed by atoms with Crippen molar-refractivity contribution in [2.75, 3.05) is 0 Å². The number of hydrogen-bond donors (Lipinski definition) is 2. The standard InChI is InChI=1S/C13H8F4N2S/c14-7-1-2-8(15)11(5-7)20-12-9(16)3-6(13(18)19)4-10(12)17/h1-5H,(H3,18,19). The Morgan fingerprint density at radius 1 is 0.950 bits per heavy atom. The van der Waals surface area contributed by atoms with Crippen molar-refractivity contribution in [1.82, 2.24) is 0 Å². The molecule has 0 bridgehead atoms. The molecule has 3 N–H and O–H groups in total. The highest BCUT2D eigenvalue weighted by molar-refractivity contribution is 7.99. The predicted octanol–water partition coefficient (Wildman–Crippen LogP) is 3.68. The van der Waals surface area contributed by atoms with E-state index in [1.54, 1.807) is 0 Å². The molecule has 0 heterocycles. The van der Waals surface area contributed by atoms with Gasteiger partial charge in [-0.2, -0.15) is 0 Å². The van der Waals surface area contributed by atoms with Gasteiger partial charge in [0.25, 0.3) is 0 Å². The fraction of sp³-hybridized carbons (Fsp3) is 0. The van der Waals surface area contributed by atoms with Crippen molar-refractivity contribution >= 4 is 17.6 Å². The fourth-order valence-corrected chi connectivity index (χ4v) is 2.35. The van der Waals surface area contributed by atoms with E-state index in [1.807, 2.05) is 0 Å². The molecule has 0 atom stereocenters. The molecule has 104 valence electrons. The molecular weight excluding hydrogens is 292 g/mol. The minimum atomic E-state index is -0.996. The molecule has 0 unspecified atom stereocenters. The molecule has 0 aromatic heterocycles. The lowest BCUT2D eigenvalue weighted by Gasteiger charge is -2.08. The summed E-state index contributed by atoms with van der Waals surface area (Å²) in [6, 6.07) is 4.36. The van der Waals surface area contributed by atoms with Crippen LogP contribution in [0.2, 0.25) is 0 Å². The van der Waals surface area contributed by atoms with Crippen LogP contribution in [0.25, 0.3) is 0 Å². The number of halogens is 4. The number of rotatable bonds is 3. The van der Waals surface area contributed by atoms with E-state index in [9.17, 15) is 17.6 Å². The van der Waals surface area contributed by atoms with Gasteiger partial charge >= 0.3 is 0 Å². The molecule has 0 radical (unpaired) electrons. The second kappa shape index (κ2) is 5.54. The third-order valence-electron chi connectivity index (χ3n) is 2.41. The van der Waals surface area contributed by atoms with E-state index in [1.165, 1.54) is 0 Å². The Bertz CT molecular complexity index is 665. The third kappa shape index (κ3) is 2.93. The van der Waals surface area contributed by atoms with Crippen LogP contribution in [0.4, 0.5) is 17.6 Å². The highest BCUT2D eigenvalue weighted by Crippen LogP contribution is 2.34. The van der Waals surface area contributed by atoms with Crippen LogP contribution in [0.1, 0.15) is 5.56 Å². The van der Waals surface area contributed by atoms with Gasteiger partial charge in [-0.3, -0.25) is 5.41 Å². The number of hydrogen-bond acceptors (Lipinski definition) is 2. The van der Waals surface area contributed by atoms with Gasteiger partial charge in [0.1, 0.15) is 29.1 Å². The molecule has 0 saturated heterocycles. The van der Waals surface area contributed by atoms with Crippen molar-refractivity contribution in [2.24, 2.45) is 5.73 Å². The summed E-state index contributed by atoms with van der Waals surface area (Å²) in [5, 5.41) is 7.11. The van der Waals surface area contributed by atoms with E-state index < -0.39 is 34.0 Å². The Morgan fingerprint density at radius 2 is 1.55 bits per heavy atom. The first kappa shape index (κ1) is 14.4. The van der Waals surface area contributed by atoms with Crippen molar-refractivity contribution in [2.45, 2.75) is 9.79 Å². The molecule has 0 saturated carbocycles. The van der Waals surface area contributed by atoms with E-state index in [0.29, 0.717) is 11.8 Å². The molecule has 0 aliphatic heterocycles. The summed E-state index contributed by atoms with van der Waals surface area (Å²) in [7, 11) is 0. The summed E-state index contributed by atoms with van der Waals surface area (Å²) in [5.74, 6) is -3.98. The van der Waals surface area contributed by atoms with Gasteiger partial charge in [0.15, 0.2) is 0 Å². The number of nitrogens with one attached hydrogen (secondary N) is 1. The van der Waals surface area contributed by atoms with Crippen LogP contribution in [0.3, 0.4) is 0 Å². The first-order valence-electron chi connectivity index (χ1n) is 5.35. The minimum absolute atomic E-state index is 0.121. The Morgan fingerprint density at radius 3 is 2.10 bits per heavy atom. The molecule has 2 aromatic carbocycles. The smallest absolute Gasteiger partial charge is 0.140 e. The summed E-state index contributed by atoms with van der Waals surface area (Å²) < 4.78 is 54.0.